The van der Waals surface area contributed by atoms with Crippen LogP contribution in [0, 0.1) is 19.7 Å². The van der Waals surface area contributed by atoms with Crippen LogP contribution in [0.5, 0.6) is 0 Å². The number of aryl methyl sites for hydroxylation is 2. The van der Waals surface area contributed by atoms with Gasteiger partial charge in [0, 0.05) is 24.6 Å². The molecule has 1 amide bonds. The molecule has 6 rings (SSSR count). The summed E-state index contributed by atoms with van der Waals surface area (Å²) in [5.74, 6) is 0.914. The second-order valence-electron chi connectivity index (χ2n) is 10.5. The molecule has 8 nitrogen and oxygen atoms in total. The number of cyclic esters (lactones) is 1. The normalized spacial score (nSPS) is 21.7. The van der Waals surface area contributed by atoms with Crippen molar-refractivity contribution in [2.24, 2.45) is 0 Å². The van der Waals surface area contributed by atoms with Gasteiger partial charge in [0.15, 0.2) is 0 Å². The second kappa shape index (κ2) is 10.9. The van der Waals surface area contributed by atoms with Crippen LogP contribution in [-0.2, 0) is 9.47 Å². The van der Waals surface area contributed by atoms with E-state index in [1.165, 1.54) is 17.0 Å². The molecule has 3 heterocycles. The molecule has 2 aromatic carbocycles. The van der Waals surface area contributed by atoms with Crippen molar-refractivity contribution in [1.82, 2.24) is 14.7 Å². The van der Waals surface area contributed by atoms with Gasteiger partial charge in [-0.3, -0.25) is 4.90 Å². The van der Waals surface area contributed by atoms with E-state index < -0.39 is 18.0 Å². The van der Waals surface area contributed by atoms with Crippen molar-refractivity contribution in [3.63, 3.8) is 0 Å². The Morgan fingerprint density at radius 3 is 2.60 bits per heavy atom. The molecule has 0 bridgehead atoms. The maximum Gasteiger partial charge on any atom is 0.414 e. The molecular formula is C30H32ClFN4O4. The van der Waals surface area contributed by atoms with Gasteiger partial charge in [0.05, 0.1) is 40.1 Å². The molecule has 0 N–H and O–H groups in total. The van der Waals surface area contributed by atoms with Crippen LogP contribution in [0.3, 0.4) is 0 Å². The fourth-order valence-electron chi connectivity index (χ4n) is 6.24. The summed E-state index contributed by atoms with van der Waals surface area (Å²) in [6.07, 6.45) is 4.01. The van der Waals surface area contributed by atoms with Crippen molar-refractivity contribution in [1.29, 1.82) is 0 Å². The highest BCUT2D eigenvalue weighted by Gasteiger charge is 2.38. The summed E-state index contributed by atoms with van der Waals surface area (Å²) in [6, 6.07) is 10.3. The molecule has 1 aliphatic heterocycles. The van der Waals surface area contributed by atoms with E-state index in [9.17, 15) is 9.18 Å². The molecule has 2 aromatic heterocycles. The molecule has 1 saturated heterocycles. The summed E-state index contributed by atoms with van der Waals surface area (Å²) >= 11 is 5.96. The zero-order chi connectivity index (χ0) is 28.0. The number of amides is 1. The Balaban J connectivity index is 1.48. The molecule has 1 unspecified atom stereocenters. The van der Waals surface area contributed by atoms with E-state index in [2.05, 4.69) is 27.9 Å². The van der Waals surface area contributed by atoms with Crippen LogP contribution in [0.4, 0.5) is 14.9 Å². The molecule has 4 aromatic rings. The molecule has 40 heavy (non-hydrogen) atoms. The van der Waals surface area contributed by atoms with Crippen LogP contribution < -0.4 is 4.90 Å². The van der Waals surface area contributed by atoms with Gasteiger partial charge in [-0.15, -0.1) is 0 Å². The van der Waals surface area contributed by atoms with Crippen molar-refractivity contribution in [2.45, 2.75) is 71.1 Å². The first kappa shape index (κ1) is 26.8. The first-order valence-corrected chi connectivity index (χ1v) is 14.2. The van der Waals surface area contributed by atoms with Gasteiger partial charge in [-0.2, -0.15) is 0 Å². The predicted molar refractivity (Wildman–Crippen MR) is 150 cm³/mol. The predicted octanol–water partition coefficient (Wildman–Crippen LogP) is 7.71. The maximum absolute atomic E-state index is 14.5. The first-order chi connectivity index (χ1) is 19.4. The Morgan fingerprint density at radius 2 is 1.90 bits per heavy atom. The SMILES string of the molecule is CCOC1CCC(n2c(C3CCOC(=O)N3c3ccc(Cl)c(F)c3)nc3cc(-c4c(C)noc4C)ccc32)CC1. The van der Waals surface area contributed by atoms with Gasteiger partial charge in [-0.05, 0) is 82.3 Å². The van der Waals surface area contributed by atoms with Crippen LogP contribution in [-0.4, -0.2) is 40.1 Å². The van der Waals surface area contributed by atoms with E-state index >= 15 is 0 Å². The Morgan fingerprint density at radius 1 is 1.10 bits per heavy atom. The molecule has 1 atom stereocenters. The average Bonchev–Trinajstić information content (AvgIpc) is 3.49. The van der Waals surface area contributed by atoms with Crippen LogP contribution >= 0.6 is 11.6 Å². The molecule has 0 spiro atoms. The van der Waals surface area contributed by atoms with Gasteiger partial charge in [0.1, 0.15) is 23.4 Å². The minimum atomic E-state index is -0.594. The number of carbonyl (C=O) groups is 1. The number of hydrogen-bond donors (Lipinski definition) is 0. The number of aromatic nitrogens is 3. The van der Waals surface area contributed by atoms with Crippen LogP contribution in [0.2, 0.25) is 5.02 Å². The highest BCUT2D eigenvalue weighted by molar-refractivity contribution is 6.30. The van der Waals surface area contributed by atoms with E-state index in [4.69, 9.17) is 30.6 Å². The fraction of sp³-hybridized carbons (Fsp3) is 0.433. The highest BCUT2D eigenvalue weighted by atomic mass is 35.5. The zero-order valence-electron chi connectivity index (χ0n) is 22.8. The summed E-state index contributed by atoms with van der Waals surface area (Å²) < 4.78 is 33.6. The Bertz CT molecular complexity index is 1540. The van der Waals surface area contributed by atoms with Crippen LogP contribution in [0.25, 0.3) is 22.2 Å². The average molecular weight is 567 g/mol. The van der Waals surface area contributed by atoms with E-state index in [1.54, 1.807) is 6.07 Å². The molecule has 2 fully saturated rings. The Labute approximate surface area is 237 Å². The van der Waals surface area contributed by atoms with Gasteiger partial charge in [-0.25, -0.2) is 14.2 Å². The quantitative estimate of drug-likeness (QED) is 0.238. The lowest BCUT2D eigenvalue weighted by Crippen LogP contribution is -2.42. The standard InChI is InChI=1S/C30H32ClFN4O4/c1-4-38-22-9-6-20(7-10-22)35-26-12-5-19(28-17(2)34-40-18(28)3)15-25(26)33-29(35)27-13-14-39-30(37)36(27)21-8-11-23(31)24(32)16-21/h5,8,11-12,15-16,20,22,27H,4,6-7,9-10,13-14H2,1-3H3. The summed E-state index contributed by atoms with van der Waals surface area (Å²) in [4.78, 5) is 19.8. The van der Waals surface area contributed by atoms with E-state index in [-0.39, 0.29) is 23.8 Å². The number of nitrogens with zero attached hydrogens (tertiary/aromatic N) is 4. The molecule has 0 radical (unpaired) electrons. The Hall–Kier alpha value is -3.43. The summed E-state index contributed by atoms with van der Waals surface area (Å²) in [6.45, 7) is 6.81. The number of hydrogen-bond acceptors (Lipinski definition) is 6. The number of ether oxygens (including phenoxy) is 2. The molecular weight excluding hydrogens is 535 g/mol. The topological polar surface area (TPSA) is 82.6 Å². The Kier molecular flexibility index (Phi) is 7.27. The van der Waals surface area contributed by atoms with Crippen molar-refractivity contribution >= 4 is 34.4 Å². The monoisotopic (exact) mass is 566 g/mol. The first-order valence-electron chi connectivity index (χ1n) is 13.8. The van der Waals surface area contributed by atoms with Gasteiger partial charge >= 0.3 is 6.09 Å². The number of fused-ring (bicyclic) bond motifs is 1. The van der Waals surface area contributed by atoms with E-state index in [1.807, 2.05) is 20.8 Å². The van der Waals surface area contributed by atoms with Crippen LogP contribution in [0.15, 0.2) is 40.9 Å². The number of anilines is 1. The smallest absolute Gasteiger partial charge is 0.414 e. The fourth-order valence-corrected chi connectivity index (χ4v) is 6.36. The molecule has 2 aliphatic rings. The third-order valence-corrected chi connectivity index (χ3v) is 8.36. The lowest BCUT2D eigenvalue weighted by Gasteiger charge is -2.37. The minimum absolute atomic E-state index is 0.00386. The van der Waals surface area contributed by atoms with Gasteiger partial charge in [0.25, 0.3) is 0 Å². The summed E-state index contributed by atoms with van der Waals surface area (Å²) in [7, 11) is 0. The van der Waals surface area contributed by atoms with Gasteiger partial charge < -0.3 is 18.6 Å². The number of imidazole rings is 1. The van der Waals surface area contributed by atoms with Crippen LogP contribution in [0.1, 0.15) is 68.4 Å². The lowest BCUT2D eigenvalue weighted by molar-refractivity contribution is 0.0270. The van der Waals surface area contributed by atoms with Crippen molar-refractivity contribution in [2.75, 3.05) is 18.1 Å². The number of halogens is 2. The number of rotatable bonds is 6. The summed E-state index contributed by atoms with van der Waals surface area (Å²) in [5, 5.41) is 4.12. The van der Waals surface area contributed by atoms with Crippen molar-refractivity contribution < 1.29 is 23.2 Å². The molecule has 210 valence electrons. The number of benzene rings is 2. The van der Waals surface area contributed by atoms with Crippen molar-refractivity contribution in [3.8, 4) is 11.1 Å². The summed E-state index contributed by atoms with van der Waals surface area (Å²) in [5.41, 5.74) is 4.94. The minimum Gasteiger partial charge on any atom is -0.449 e. The van der Waals surface area contributed by atoms with E-state index in [0.29, 0.717) is 18.7 Å². The van der Waals surface area contributed by atoms with Crippen molar-refractivity contribution in [3.05, 3.63) is 64.5 Å². The van der Waals surface area contributed by atoms with E-state index in [0.717, 1.165) is 65.1 Å². The second-order valence-corrected chi connectivity index (χ2v) is 10.9. The maximum atomic E-state index is 14.5. The molecule has 1 aliphatic carbocycles. The number of carbonyl (C=O) groups excluding carboxylic acids is 1. The highest BCUT2D eigenvalue weighted by Crippen LogP contribution is 2.41. The zero-order valence-corrected chi connectivity index (χ0v) is 23.6. The molecule has 10 heteroatoms. The largest absolute Gasteiger partial charge is 0.449 e. The van der Waals surface area contributed by atoms with Gasteiger partial charge in [-0.1, -0.05) is 22.8 Å². The van der Waals surface area contributed by atoms with Gasteiger partial charge in [0.2, 0.25) is 0 Å². The third kappa shape index (κ3) is 4.75. The third-order valence-electron chi connectivity index (χ3n) is 8.05. The molecule has 1 saturated carbocycles. The lowest BCUT2D eigenvalue weighted by atomic mass is 9.92.